The number of halogens is 1. The molecule has 2 N–H and O–H groups in total. The molecule has 2 rings (SSSR count). The normalized spacial score (nSPS) is 15.5. The van der Waals surface area contributed by atoms with Crippen molar-refractivity contribution in [1.29, 1.82) is 0 Å². The second-order valence-electron chi connectivity index (χ2n) is 5.77. The minimum absolute atomic E-state index is 0.166. The molecule has 6 nitrogen and oxygen atoms in total. The van der Waals surface area contributed by atoms with Gasteiger partial charge in [0.1, 0.15) is 10.8 Å². The Morgan fingerprint density at radius 3 is 2.60 bits per heavy atom. The third kappa shape index (κ3) is 3.50. The minimum Gasteiger partial charge on any atom is -0.444 e. The molecule has 0 bridgehead atoms. The van der Waals surface area contributed by atoms with E-state index in [-0.39, 0.29) is 12.0 Å². The van der Waals surface area contributed by atoms with Crippen molar-refractivity contribution < 1.29 is 9.53 Å². The molecule has 0 fully saturated rings. The van der Waals surface area contributed by atoms with Crippen molar-refractivity contribution in [1.82, 2.24) is 14.9 Å². The van der Waals surface area contributed by atoms with E-state index in [1.807, 2.05) is 20.8 Å². The Kier molecular flexibility index (Phi) is 4.04. The van der Waals surface area contributed by atoms with Crippen LogP contribution in [0.1, 0.15) is 32.0 Å². The largest absolute Gasteiger partial charge is 0.444 e. The highest BCUT2D eigenvalue weighted by atomic mass is 35.5. The van der Waals surface area contributed by atoms with Crippen LogP contribution in [-0.4, -0.2) is 39.7 Å². The van der Waals surface area contributed by atoms with Crippen molar-refractivity contribution in [2.45, 2.75) is 39.2 Å². The first kappa shape index (κ1) is 14.8. The lowest BCUT2D eigenvalue weighted by molar-refractivity contribution is 0.0258. The zero-order valence-corrected chi connectivity index (χ0v) is 12.7. The molecule has 110 valence electrons. The van der Waals surface area contributed by atoms with Crippen LogP contribution in [0.5, 0.6) is 0 Å². The molecule has 1 aromatic rings. The predicted octanol–water partition coefficient (Wildman–Crippen LogP) is 2.05. The molecule has 0 saturated carbocycles. The summed E-state index contributed by atoms with van der Waals surface area (Å²) in [6.07, 6.45) is 0.886. The summed E-state index contributed by atoms with van der Waals surface area (Å²) in [6.45, 7) is 6.62. The SMILES string of the molecule is CC(C)(C)OC(=O)N1CCc2nc(N)nc(Cl)c2CC1. The molecule has 0 radical (unpaired) electrons. The van der Waals surface area contributed by atoms with Crippen LogP contribution in [-0.2, 0) is 17.6 Å². The van der Waals surface area contributed by atoms with Crippen molar-refractivity contribution in [3.8, 4) is 0 Å². The fourth-order valence-electron chi connectivity index (χ4n) is 2.08. The zero-order valence-electron chi connectivity index (χ0n) is 11.9. The van der Waals surface area contributed by atoms with E-state index in [0.717, 1.165) is 11.3 Å². The van der Waals surface area contributed by atoms with Crippen molar-refractivity contribution in [3.63, 3.8) is 0 Å². The van der Waals surface area contributed by atoms with Gasteiger partial charge < -0.3 is 15.4 Å². The molecule has 1 aliphatic heterocycles. The van der Waals surface area contributed by atoms with Crippen LogP contribution < -0.4 is 5.73 Å². The molecule has 7 heteroatoms. The van der Waals surface area contributed by atoms with Gasteiger partial charge in [-0.2, -0.15) is 0 Å². The van der Waals surface area contributed by atoms with Gasteiger partial charge in [0.25, 0.3) is 0 Å². The summed E-state index contributed by atoms with van der Waals surface area (Å²) in [4.78, 5) is 21.9. The Hall–Kier alpha value is -1.56. The number of aromatic nitrogens is 2. The fraction of sp³-hybridized carbons (Fsp3) is 0.615. The summed E-state index contributed by atoms with van der Waals surface area (Å²) >= 11 is 6.09. The number of ether oxygens (including phenoxy) is 1. The summed E-state index contributed by atoms with van der Waals surface area (Å²) in [6, 6.07) is 0. The number of anilines is 1. The highest BCUT2D eigenvalue weighted by Crippen LogP contribution is 2.22. The van der Waals surface area contributed by atoms with E-state index in [0.29, 0.717) is 31.1 Å². The molecular weight excluding hydrogens is 280 g/mol. The van der Waals surface area contributed by atoms with Crippen molar-refractivity contribution in [2.24, 2.45) is 0 Å². The maximum atomic E-state index is 12.1. The molecule has 1 amide bonds. The Morgan fingerprint density at radius 2 is 1.95 bits per heavy atom. The summed E-state index contributed by atoms with van der Waals surface area (Å²) in [5.41, 5.74) is 6.78. The maximum Gasteiger partial charge on any atom is 0.410 e. The summed E-state index contributed by atoms with van der Waals surface area (Å²) in [5.74, 6) is 0.166. The average Bonchev–Trinajstić information content (AvgIpc) is 2.49. The van der Waals surface area contributed by atoms with Crippen LogP contribution in [0.25, 0.3) is 0 Å². The number of carbonyl (C=O) groups excluding carboxylic acids is 1. The van der Waals surface area contributed by atoms with Gasteiger partial charge in [0.05, 0.1) is 5.69 Å². The van der Waals surface area contributed by atoms with Crippen LogP contribution in [0.4, 0.5) is 10.7 Å². The number of nitrogen functional groups attached to an aromatic ring is 1. The first-order valence-corrected chi connectivity index (χ1v) is 6.93. The summed E-state index contributed by atoms with van der Waals surface area (Å²) in [5, 5.41) is 0.374. The van der Waals surface area contributed by atoms with E-state index in [1.54, 1.807) is 4.90 Å². The fourth-order valence-corrected chi connectivity index (χ4v) is 2.37. The monoisotopic (exact) mass is 298 g/mol. The molecule has 0 saturated heterocycles. The Morgan fingerprint density at radius 1 is 1.30 bits per heavy atom. The topological polar surface area (TPSA) is 81.3 Å². The highest BCUT2D eigenvalue weighted by molar-refractivity contribution is 6.30. The summed E-state index contributed by atoms with van der Waals surface area (Å²) in [7, 11) is 0. The van der Waals surface area contributed by atoms with Crippen molar-refractivity contribution >= 4 is 23.6 Å². The van der Waals surface area contributed by atoms with Gasteiger partial charge in [-0.15, -0.1) is 0 Å². The number of hydrogen-bond acceptors (Lipinski definition) is 5. The van der Waals surface area contributed by atoms with Crippen molar-refractivity contribution in [2.75, 3.05) is 18.8 Å². The number of amides is 1. The molecule has 1 aliphatic rings. The number of nitrogens with zero attached hydrogens (tertiary/aromatic N) is 3. The van der Waals surface area contributed by atoms with E-state index in [2.05, 4.69) is 9.97 Å². The van der Waals surface area contributed by atoms with Crippen LogP contribution >= 0.6 is 11.6 Å². The number of carbonyl (C=O) groups is 1. The van der Waals surface area contributed by atoms with Gasteiger partial charge in [-0.1, -0.05) is 11.6 Å². The average molecular weight is 299 g/mol. The van der Waals surface area contributed by atoms with Crippen LogP contribution in [0.2, 0.25) is 5.15 Å². The van der Waals surface area contributed by atoms with Gasteiger partial charge in [0.2, 0.25) is 5.95 Å². The first-order valence-electron chi connectivity index (χ1n) is 6.55. The standard InChI is InChI=1S/C13H19ClN4O2/c1-13(2,3)20-12(19)18-6-4-8-9(5-7-18)16-11(15)17-10(8)14/h4-7H2,1-3H3,(H2,15,16,17). The molecule has 0 unspecified atom stereocenters. The first-order chi connectivity index (χ1) is 9.26. The second kappa shape index (κ2) is 5.44. The Bertz CT molecular complexity index is 528. The summed E-state index contributed by atoms with van der Waals surface area (Å²) < 4.78 is 5.38. The Balaban J connectivity index is 2.12. The van der Waals surface area contributed by atoms with Crippen LogP contribution in [0.3, 0.4) is 0 Å². The molecule has 0 aromatic carbocycles. The molecule has 0 atom stereocenters. The lowest BCUT2D eigenvalue weighted by atomic mass is 10.1. The third-order valence-corrected chi connectivity index (χ3v) is 3.27. The lowest BCUT2D eigenvalue weighted by Gasteiger charge is -2.26. The van der Waals surface area contributed by atoms with Gasteiger partial charge >= 0.3 is 6.09 Å². The van der Waals surface area contributed by atoms with E-state index < -0.39 is 5.60 Å². The third-order valence-electron chi connectivity index (χ3n) is 2.96. The van der Waals surface area contributed by atoms with Gasteiger partial charge in [-0.3, -0.25) is 0 Å². The number of nitrogens with two attached hydrogens (primary N) is 1. The van der Waals surface area contributed by atoms with Gasteiger partial charge in [-0.25, -0.2) is 14.8 Å². The number of hydrogen-bond donors (Lipinski definition) is 1. The molecule has 2 heterocycles. The molecule has 1 aromatic heterocycles. The zero-order chi connectivity index (χ0) is 14.9. The quantitative estimate of drug-likeness (QED) is 0.741. The van der Waals surface area contributed by atoms with E-state index >= 15 is 0 Å². The van der Waals surface area contributed by atoms with Crippen molar-refractivity contribution in [3.05, 3.63) is 16.4 Å². The Labute approximate surface area is 123 Å². The molecule has 0 aliphatic carbocycles. The van der Waals surface area contributed by atoms with E-state index in [9.17, 15) is 4.79 Å². The lowest BCUT2D eigenvalue weighted by Crippen LogP contribution is -2.38. The van der Waals surface area contributed by atoms with Crippen LogP contribution in [0, 0.1) is 0 Å². The van der Waals surface area contributed by atoms with Gasteiger partial charge in [0.15, 0.2) is 0 Å². The smallest absolute Gasteiger partial charge is 0.410 e. The van der Waals surface area contributed by atoms with Crippen LogP contribution in [0.15, 0.2) is 0 Å². The molecular formula is C13H19ClN4O2. The number of fused-ring (bicyclic) bond motifs is 1. The van der Waals surface area contributed by atoms with Gasteiger partial charge in [0, 0.05) is 25.1 Å². The second-order valence-corrected chi connectivity index (χ2v) is 6.12. The minimum atomic E-state index is -0.502. The predicted molar refractivity (Wildman–Crippen MR) is 76.7 cm³/mol. The number of rotatable bonds is 0. The van der Waals surface area contributed by atoms with Gasteiger partial charge in [-0.05, 0) is 27.2 Å². The maximum absolute atomic E-state index is 12.1. The van der Waals surface area contributed by atoms with E-state index in [1.165, 1.54) is 0 Å². The molecule has 0 spiro atoms. The molecule has 20 heavy (non-hydrogen) atoms. The van der Waals surface area contributed by atoms with E-state index in [4.69, 9.17) is 22.1 Å². The highest BCUT2D eigenvalue weighted by Gasteiger charge is 2.25.